The van der Waals surface area contributed by atoms with Crippen LogP contribution in [0.3, 0.4) is 0 Å². The summed E-state index contributed by atoms with van der Waals surface area (Å²) in [6, 6.07) is 0. The van der Waals surface area contributed by atoms with Crippen molar-refractivity contribution in [2.75, 3.05) is 13.2 Å². The van der Waals surface area contributed by atoms with Gasteiger partial charge >= 0.3 is 11.9 Å². The zero-order valence-electron chi connectivity index (χ0n) is 40.7. The molecule has 6 nitrogen and oxygen atoms in total. The first-order chi connectivity index (χ1) is 29.9. The van der Waals surface area contributed by atoms with Crippen molar-refractivity contribution in [3.05, 3.63) is 36.5 Å². The van der Waals surface area contributed by atoms with Crippen LogP contribution in [0.15, 0.2) is 36.5 Å². The molecule has 0 aromatic heterocycles. The fourth-order valence-corrected chi connectivity index (χ4v) is 7.70. The van der Waals surface area contributed by atoms with E-state index < -0.39 is 36.5 Å². The van der Waals surface area contributed by atoms with Crippen LogP contribution in [0.1, 0.15) is 278 Å². The fourth-order valence-electron chi connectivity index (χ4n) is 7.70. The molecule has 6 heteroatoms. The Morgan fingerprint density at radius 3 is 0.984 bits per heavy atom. The van der Waals surface area contributed by atoms with Crippen LogP contribution in [0.5, 0.6) is 0 Å². The number of hydrogen-bond donors (Lipinski definition) is 1. The van der Waals surface area contributed by atoms with E-state index in [4.69, 9.17) is 9.47 Å². The average molecular weight is 857 g/mol. The van der Waals surface area contributed by atoms with Crippen LogP contribution in [0.25, 0.3) is 0 Å². The Bertz CT molecular complexity index is 1060. The molecule has 0 spiro atoms. The summed E-state index contributed by atoms with van der Waals surface area (Å²) in [5.74, 6) is -1.24. The molecular weight excluding hydrogens is 757 g/mol. The Balaban J connectivity index is 4.53. The number of unbranched alkanes of at least 4 members (excludes halogenated alkanes) is 31. The lowest BCUT2D eigenvalue weighted by molar-refractivity contribution is -0.169. The van der Waals surface area contributed by atoms with Gasteiger partial charge in [-0.25, -0.2) is 0 Å². The standard InChI is InChI=1S/C55H100O6/c1-4-7-10-13-16-19-22-25-27-30-32-35-38-41-44-47-52(56)55(59,50-60-53(57)48-45-42-39-36-33-29-24-21-18-15-12-9-6-3)51-61-54(58)49-46-43-40-37-34-31-28-26-23-20-17-14-11-8-5-2/h17,20,25-28,59H,4-16,18-19,21-24,29-51H2,1-3H3/b20-17-,27-25-,28-26-. The third kappa shape index (κ3) is 42.8. The van der Waals surface area contributed by atoms with Gasteiger partial charge in [-0.2, -0.15) is 0 Å². The second kappa shape index (κ2) is 47.3. The molecule has 0 aromatic carbocycles. The van der Waals surface area contributed by atoms with Crippen molar-refractivity contribution in [1.29, 1.82) is 0 Å². The minimum atomic E-state index is -2.01. The first kappa shape index (κ1) is 58.8. The van der Waals surface area contributed by atoms with E-state index in [1.807, 2.05) is 0 Å². The first-order valence-electron chi connectivity index (χ1n) is 26.4. The normalized spacial score (nSPS) is 12.9. The van der Waals surface area contributed by atoms with Gasteiger partial charge in [-0.3, -0.25) is 14.4 Å². The molecule has 0 heterocycles. The summed E-state index contributed by atoms with van der Waals surface area (Å²) in [5.41, 5.74) is -2.01. The summed E-state index contributed by atoms with van der Waals surface area (Å²) >= 11 is 0. The van der Waals surface area contributed by atoms with Crippen LogP contribution in [0.4, 0.5) is 0 Å². The molecule has 0 radical (unpaired) electrons. The van der Waals surface area contributed by atoms with Crippen molar-refractivity contribution >= 4 is 17.7 Å². The van der Waals surface area contributed by atoms with Crippen molar-refractivity contribution in [3.63, 3.8) is 0 Å². The van der Waals surface area contributed by atoms with E-state index in [-0.39, 0.29) is 19.3 Å². The van der Waals surface area contributed by atoms with E-state index in [9.17, 15) is 19.5 Å². The molecule has 0 aliphatic heterocycles. The number of aliphatic hydroxyl groups is 1. The number of carbonyl (C=O) groups is 3. The van der Waals surface area contributed by atoms with E-state index in [2.05, 4.69) is 57.2 Å². The number of hydrogen-bond acceptors (Lipinski definition) is 6. The van der Waals surface area contributed by atoms with Crippen molar-refractivity contribution in [3.8, 4) is 0 Å². The Labute approximate surface area is 378 Å². The lowest BCUT2D eigenvalue weighted by Crippen LogP contribution is -2.48. The van der Waals surface area contributed by atoms with Gasteiger partial charge in [-0.15, -0.1) is 0 Å². The molecule has 1 N–H and O–H groups in total. The number of ether oxygens (including phenoxy) is 2. The van der Waals surface area contributed by atoms with Crippen molar-refractivity contribution in [2.45, 2.75) is 283 Å². The topological polar surface area (TPSA) is 89.9 Å². The van der Waals surface area contributed by atoms with E-state index in [1.54, 1.807) is 0 Å². The van der Waals surface area contributed by atoms with Crippen LogP contribution < -0.4 is 0 Å². The maximum Gasteiger partial charge on any atom is 0.305 e. The minimum absolute atomic E-state index is 0.174. The summed E-state index contributed by atoms with van der Waals surface area (Å²) in [7, 11) is 0. The van der Waals surface area contributed by atoms with Gasteiger partial charge in [0.1, 0.15) is 13.2 Å². The summed E-state index contributed by atoms with van der Waals surface area (Å²) in [4.78, 5) is 38.7. The lowest BCUT2D eigenvalue weighted by Gasteiger charge is -2.26. The summed E-state index contributed by atoms with van der Waals surface area (Å²) in [6.07, 6.45) is 57.6. The molecule has 0 aliphatic carbocycles. The van der Waals surface area contributed by atoms with E-state index >= 15 is 0 Å². The van der Waals surface area contributed by atoms with Gasteiger partial charge in [0.25, 0.3) is 0 Å². The number of carbonyl (C=O) groups excluding carboxylic acids is 3. The third-order valence-electron chi connectivity index (χ3n) is 11.9. The molecule has 356 valence electrons. The molecule has 0 bridgehead atoms. The van der Waals surface area contributed by atoms with Gasteiger partial charge in [0.05, 0.1) is 0 Å². The highest BCUT2D eigenvalue weighted by Gasteiger charge is 2.38. The molecule has 1 atom stereocenters. The van der Waals surface area contributed by atoms with Crippen LogP contribution >= 0.6 is 0 Å². The summed E-state index contributed by atoms with van der Waals surface area (Å²) in [5, 5.41) is 11.5. The molecule has 0 fully saturated rings. The third-order valence-corrected chi connectivity index (χ3v) is 11.9. The van der Waals surface area contributed by atoms with Crippen LogP contribution in [-0.2, 0) is 23.9 Å². The van der Waals surface area contributed by atoms with Crippen molar-refractivity contribution in [2.24, 2.45) is 0 Å². The minimum Gasteiger partial charge on any atom is -0.462 e. The highest BCUT2D eigenvalue weighted by atomic mass is 16.6. The summed E-state index contributed by atoms with van der Waals surface area (Å²) in [6.45, 7) is 5.81. The highest BCUT2D eigenvalue weighted by molar-refractivity contribution is 5.88. The molecule has 0 amide bonds. The van der Waals surface area contributed by atoms with Gasteiger partial charge in [0.2, 0.25) is 0 Å². The second-order valence-corrected chi connectivity index (χ2v) is 18.1. The first-order valence-corrected chi connectivity index (χ1v) is 26.4. The molecule has 0 aromatic rings. The lowest BCUT2D eigenvalue weighted by atomic mass is 9.95. The van der Waals surface area contributed by atoms with Crippen molar-refractivity contribution in [1.82, 2.24) is 0 Å². The predicted molar refractivity (Wildman–Crippen MR) is 261 cm³/mol. The smallest absolute Gasteiger partial charge is 0.305 e. The van der Waals surface area contributed by atoms with Crippen molar-refractivity contribution < 1.29 is 29.0 Å². The summed E-state index contributed by atoms with van der Waals surface area (Å²) < 4.78 is 10.9. The second-order valence-electron chi connectivity index (χ2n) is 18.1. The largest absolute Gasteiger partial charge is 0.462 e. The average Bonchev–Trinajstić information content (AvgIpc) is 3.26. The molecule has 0 saturated carbocycles. The van der Waals surface area contributed by atoms with Crippen LogP contribution in [0.2, 0.25) is 0 Å². The number of ketones is 1. The molecule has 1 unspecified atom stereocenters. The zero-order valence-corrected chi connectivity index (χ0v) is 40.7. The number of esters is 2. The van der Waals surface area contributed by atoms with Gasteiger partial charge in [-0.05, 0) is 77.0 Å². The number of Topliss-reactive ketones (excluding diaryl/α,β-unsaturated/α-hetero) is 1. The van der Waals surface area contributed by atoms with Crippen LogP contribution in [-0.4, -0.2) is 41.6 Å². The van der Waals surface area contributed by atoms with E-state index in [1.165, 1.54) is 135 Å². The predicted octanol–water partition coefficient (Wildman–Crippen LogP) is 16.7. The number of rotatable bonds is 48. The monoisotopic (exact) mass is 857 g/mol. The Morgan fingerprint density at radius 1 is 0.361 bits per heavy atom. The molecule has 0 aliphatic rings. The van der Waals surface area contributed by atoms with Gasteiger partial charge < -0.3 is 14.6 Å². The molecular formula is C55H100O6. The fraction of sp³-hybridized carbons (Fsp3) is 0.836. The Morgan fingerprint density at radius 2 is 0.623 bits per heavy atom. The zero-order chi connectivity index (χ0) is 44.6. The van der Waals surface area contributed by atoms with Gasteiger partial charge in [-0.1, -0.05) is 218 Å². The SMILES string of the molecule is CCCCC/C=C\C/C=C\CCCCCCCC(=O)OCC(O)(COC(=O)CCCCCCCCCCCCCCC)C(=O)CCCCCCC/C=C\CCCCCCCC. The van der Waals surface area contributed by atoms with Gasteiger partial charge in [0, 0.05) is 19.3 Å². The quantitative estimate of drug-likeness (QED) is 0.0372. The van der Waals surface area contributed by atoms with Gasteiger partial charge in [0.15, 0.2) is 11.4 Å². The highest BCUT2D eigenvalue weighted by Crippen LogP contribution is 2.19. The van der Waals surface area contributed by atoms with E-state index in [0.29, 0.717) is 12.8 Å². The Kier molecular flexibility index (Phi) is 45.6. The van der Waals surface area contributed by atoms with Crippen LogP contribution in [0, 0.1) is 0 Å². The maximum absolute atomic E-state index is 13.4. The van der Waals surface area contributed by atoms with E-state index in [0.717, 1.165) is 89.9 Å². The number of allylic oxidation sites excluding steroid dienone is 6. The molecule has 0 rings (SSSR count). The Hall–Kier alpha value is -2.21. The maximum atomic E-state index is 13.4. The molecule has 61 heavy (non-hydrogen) atoms. The molecule has 0 saturated heterocycles.